The number of carbonyl (C=O) groups is 3. The SMILES string of the molecule is CCOC(=O)C1=C(COC(=O)c2ccsc2)NC(=O)NC1C. The summed E-state index contributed by atoms with van der Waals surface area (Å²) in [5.74, 6) is -1.07. The number of urea groups is 1. The Kier molecular flexibility index (Phi) is 5.16. The minimum Gasteiger partial charge on any atom is -0.463 e. The van der Waals surface area contributed by atoms with Crippen molar-refractivity contribution >= 4 is 29.3 Å². The lowest BCUT2D eigenvalue weighted by atomic mass is 10.0. The van der Waals surface area contributed by atoms with E-state index in [9.17, 15) is 14.4 Å². The van der Waals surface area contributed by atoms with Crippen LogP contribution in [0.3, 0.4) is 0 Å². The molecule has 1 aromatic heterocycles. The average molecular weight is 324 g/mol. The van der Waals surface area contributed by atoms with Crippen LogP contribution in [0.1, 0.15) is 24.2 Å². The lowest BCUT2D eigenvalue weighted by Crippen LogP contribution is -2.50. The predicted molar refractivity (Wildman–Crippen MR) is 79.4 cm³/mol. The van der Waals surface area contributed by atoms with Gasteiger partial charge in [0.15, 0.2) is 0 Å². The maximum Gasteiger partial charge on any atom is 0.339 e. The lowest BCUT2D eigenvalue weighted by Gasteiger charge is -2.26. The second kappa shape index (κ2) is 7.08. The second-order valence-corrected chi connectivity index (χ2v) is 5.30. The van der Waals surface area contributed by atoms with Gasteiger partial charge >= 0.3 is 18.0 Å². The van der Waals surface area contributed by atoms with Gasteiger partial charge in [-0.15, -0.1) is 0 Å². The summed E-state index contributed by atoms with van der Waals surface area (Å²) in [6.07, 6.45) is 0. The second-order valence-electron chi connectivity index (χ2n) is 4.52. The summed E-state index contributed by atoms with van der Waals surface area (Å²) in [5, 5.41) is 8.47. The normalized spacial score (nSPS) is 17.5. The van der Waals surface area contributed by atoms with Crippen LogP contribution in [0.4, 0.5) is 4.79 Å². The molecule has 2 heterocycles. The van der Waals surface area contributed by atoms with Crippen molar-refractivity contribution in [1.29, 1.82) is 0 Å². The highest BCUT2D eigenvalue weighted by Crippen LogP contribution is 2.15. The molecule has 0 radical (unpaired) electrons. The Labute approximate surface area is 131 Å². The van der Waals surface area contributed by atoms with Gasteiger partial charge in [0.25, 0.3) is 0 Å². The molecule has 7 nitrogen and oxygen atoms in total. The first-order chi connectivity index (χ1) is 10.5. The Morgan fingerprint density at radius 3 is 2.73 bits per heavy atom. The number of thiophene rings is 1. The van der Waals surface area contributed by atoms with Gasteiger partial charge in [-0.05, 0) is 25.3 Å². The number of carbonyl (C=O) groups excluding carboxylic acids is 3. The zero-order chi connectivity index (χ0) is 16.1. The molecule has 0 saturated heterocycles. The Morgan fingerprint density at radius 1 is 1.32 bits per heavy atom. The van der Waals surface area contributed by atoms with E-state index in [2.05, 4.69) is 10.6 Å². The van der Waals surface area contributed by atoms with Gasteiger partial charge in [0.1, 0.15) is 6.61 Å². The summed E-state index contributed by atoms with van der Waals surface area (Å²) in [5.41, 5.74) is 0.912. The third-order valence-corrected chi connectivity index (χ3v) is 3.65. The minimum atomic E-state index is -0.552. The summed E-state index contributed by atoms with van der Waals surface area (Å²) in [4.78, 5) is 35.4. The van der Waals surface area contributed by atoms with E-state index >= 15 is 0 Å². The van der Waals surface area contributed by atoms with Gasteiger partial charge in [-0.1, -0.05) is 0 Å². The van der Waals surface area contributed by atoms with Crippen LogP contribution in [0.2, 0.25) is 0 Å². The molecule has 1 unspecified atom stereocenters. The van der Waals surface area contributed by atoms with Gasteiger partial charge in [-0.2, -0.15) is 11.3 Å². The number of hydrogen-bond acceptors (Lipinski definition) is 6. The van der Waals surface area contributed by atoms with E-state index in [4.69, 9.17) is 9.47 Å². The van der Waals surface area contributed by atoms with Crippen molar-refractivity contribution in [1.82, 2.24) is 10.6 Å². The Morgan fingerprint density at radius 2 is 2.09 bits per heavy atom. The van der Waals surface area contributed by atoms with Crippen molar-refractivity contribution in [3.8, 4) is 0 Å². The number of amides is 2. The van der Waals surface area contributed by atoms with Crippen LogP contribution >= 0.6 is 11.3 Å². The average Bonchev–Trinajstić information content (AvgIpc) is 2.98. The molecule has 0 bridgehead atoms. The van der Waals surface area contributed by atoms with Crippen LogP contribution in [-0.2, 0) is 14.3 Å². The van der Waals surface area contributed by atoms with Crippen LogP contribution in [0.25, 0.3) is 0 Å². The Balaban J connectivity index is 2.15. The molecule has 1 aliphatic heterocycles. The third-order valence-electron chi connectivity index (χ3n) is 2.97. The number of nitrogens with one attached hydrogen (secondary N) is 2. The van der Waals surface area contributed by atoms with Crippen LogP contribution in [-0.4, -0.2) is 37.2 Å². The van der Waals surface area contributed by atoms with Crippen molar-refractivity contribution in [3.05, 3.63) is 33.7 Å². The van der Waals surface area contributed by atoms with E-state index in [1.165, 1.54) is 11.3 Å². The zero-order valence-electron chi connectivity index (χ0n) is 12.2. The first-order valence-corrected chi connectivity index (χ1v) is 7.64. The molecule has 1 aliphatic rings. The fourth-order valence-corrected chi connectivity index (χ4v) is 2.62. The number of ether oxygens (including phenoxy) is 2. The topological polar surface area (TPSA) is 93.7 Å². The predicted octanol–water partition coefficient (Wildman–Crippen LogP) is 1.42. The summed E-state index contributed by atoms with van der Waals surface area (Å²) in [6, 6.07) is 0.654. The molecule has 0 aliphatic carbocycles. The van der Waals surface area contributed by atoms with Crippen molar-refractivity contribution in [3.63, 3.8) is 0 Å². The van der Waals surface area contributed by atoms with Crippen molar-refractivity contribution in [2.75, 3.05) is 13.2 Å². The fourth-order valence-electron chi connectivity index (χ4n) is 1.99. The molecule has 2 amide bonds. The minimum absolute atomic E-state index is 0.208. The summed E-state index contributed by atoms with van der Waals surface area (Å²) in [6.45, 7) is 3.35. The van der Waals surface area contributed by atoms with Crippen molar-refractivity contribution in [2.45, 2.75) is 19.9 Å². The molecule has 1 aromatic rings. The molecular formula is C14H16N2O5S. The maximum atomic E-state index is 12.0. The zero-order valence-corrected chi connectivity index (χ0v) is 13.0. The summed E-state index contributed by atoms with van der Waals surface area (Å²) in [7, 11) is 0. The Hall–Kier alpha value is -2.35. The van der Waals surface area contributed by atoms with Crippen LogP contribution in [0.15, 0.2) is 28.1 Å². The first kappa shape index (κ1) is 16.0. The largest absolute Gasteiger partial charge is 0.463 e. The highest BCUT2D eigenvalue weighted by molar-refractivity contribution is 7.08. The number of rotatable bonds is 5. The van der Waals surface area contributed by atoms with Gasteiger partial charge in [0, 0.05) is 5.38 Å². The molecule has 2 N–H and O–H groups in total. The van der Waals surface area contributed by atoms with Crippen molar-refractivity contribution < 1.29 is 23.9 Å². The number of hydrogen-bond donors (Lipinski definition) is 2. The smallest absolute Gasteiger partial charge is 0.339 e. The van der Waals surface area contributed by atoms with Crippen molar-refractivity contribution in [2.24, 2.45) is 0 Å². The number of esters is 2. The summed E-state index contributed by atoms with van der Waals surface area (Å²) < 4.78 is 10.1. The molecule has 118 valence electrons. The van der Waals surface area contributed by atoms with E-state index < -0.39 is 24.0 Å². The fraction of sp³-hybridized carbons (Fsp3) is 0.357. The van der Waals surface area contributed by atoms with E-state index in [0.717, 1.165) is 0 Å². The summed E-state index contributed by atoms with van der Waals surface area (Å²) >= 11 is 1.38. The standard InChI is InChI=1S/C14H16N2O5S/c1-3-20-13(18)11-8(2)15-14(19)16-10(11)6-21-12(17)9-4-5-22-7-9/h4-5,7-8H,3,6H2,1-2H3,(H2,15,16,19). The maximum absolute atomic E-state index is 12.0. The van der Waals surface area contributed by atoms with Gasteiger partial charge in [-0.25, -0.2) is 14.4 Å². The van der Waals surface area contributed by atoms with E-state index in [1.54, 1.807) is 30.7 Å². The van der Waals surface area contributed by atoms with Gasteiger partial charge < -0.3 is 20.1 Å². The Bertz CT molecular complexity index is 609. The molecule has 0 aromatic carbocycles. The molecule has 8 heteroatoms. The third kappa shape index (κ3) is 3.64. The van der Waals surface area contributed by atoms with E-state index in [1.807, 2.05) is 0 Å². The molecule has 22 heavy (non-hydrogen) atoms. The first-order valence-electron chi connectivity index (χ1n) is 6.70. The molecule has 0 fully saturated rings. The highest BCUT2D eigenvalue weighted by atomic mass is 32.1. The van der Waals surface area contributed by atoms with Crippen LogP contribution in [0.5, 0.6) is 0 Å². The molecular weight excluding hydrogens is 308 g/mol. The van der Waals surface area contributed by atoms with E-state index in [0.29, 0.717) is 5.56 Å². The van der Waals surface area contributed by atoms with Crippen LogP contribution in [0, 0.1) is 0 Å². The molecule has 1 atom stereocenters. The van der Waals surface area contributed by atoms with Gasteiger partial charge in [0.05, 0.1) is 29.5 Å². The van der Waals surface area contributed by atoms with Gasteiger partial charge in [-0.3, -0.25) is 0 Å². The van der Waals surface area contributed by atoms with Crippen LogP contribution < -0.4 is 10.6 Å². The quantitative estimate of drug-likeness (QED) is 0.799. The molecule has 0 spiro atoms. The van der Waals surface area contributed by atoms with Gasteiger partial charge in [0.2, 0.25) is 0 Å². The monoisotopic (exact) mass is 324 g/mol. The van der Waals surface area contributed by atoms with E-state index in [-0.39, 0.29) is 24.5 Å². The molecule has 0 saturated carbocycles. The highest BCUT2D eigenvalue weighted by Gasteiger charge is 2.30. The lowest BCUT2D eigenvalue weighted by molar-refractivity contribution is -0.139. The molecule has 2 rings (SSSR count).